The van der Waals surface area contributed by atoms with Crippen molar-refractivity contribution in [2.45, 2.75) is 18.2 Å². The lowest BCUT2D eigenvalue weighted by Crippen LogP contribution is -2.33. The van der Waals surface area contributed by atoms with Crippen molar-refractivity contribution in [3.05, 3.63) is 36.7 Å². The molecule has 2 rings (SSSR count). The van der Waals surface area contributed by atoms with E-state index in [1.165, 1.54) is 4.31 Å². The number of rotatable bonds is 6. The van der Waals surface area contributed by atoms with Crippen LogP contribution in [0.1, 0.15) is 13.3 Å². The lowest BCUT2D eigenvalue weighted by atomic mass is 10.2. The first-order valence-corrected chi connectivity index (χ1v) is 9.06. The van der Waals surface area contributed by atoms with E-state index in [4.69, 9.17) is 0 Å². The van der Waals surface area contributed by atoms with E-state index in [0.29, 0.717) is 23.3 Å². The first-order chi connectivity index (χ1) is 9.61. The zero-order chi connectivity index (χ0) is 14.6. The predicted molar refractivity (Wildman–Crippen MR) is 84.6 cm³/mol. The van der Waals surface area contributed by atoms with Crippen LogP contribution in [0, 0.1) is 0 Å². The summed E-state index contributed by atoms with van der Waals surface area (Å²) in [5.74, 6) is 0. The molecule has 0 fully saturated rings. The minimum absolute atomic E-state index is 0.354. The summed E-state index contributed by atoms with van der Waals surface area (Å²) in [5, 5.41) is 2.18. The van der Waals surface area contributed by atoms with E-state index in [2.05, 4.69) is 20.9 Å². The second-order valence-corrected chi connectivity index (χ2v) is 7.15. The molecule has 1 aromatic carbocycles. The van der Waals surface area contributed by atoms with Crippen molar-refractivity contribution in [3.8, 4) is 0 Å². The van der Waals surface area contributed by atoms with Gasteiger partial charge >= 0.3 is 0 Å². The molecule has 1 aromatic heterocycles. The standard InChI is InChI=1S/C14H17BrN2O2S/c1-2-9-17(10-7-15)20(18,19)14-5-3-4-12-11-16-8-6-13(12)14/h3-6,8,11H,2,7,9-10H2,1H3. The van der Waals surface area contributed by atoms with Gasteiger partial charge in [0.25, 0.3) is 0 Å². The SMILES string of the molecule is CCCN(CCBr)S(=O)(=O)c1cccc2cnccc12. The number of nitrogens with zero attached hydrogens (tertiary/aromatic N) is 2. The zero-order valence-corrected chi connectivity index (χ0v) is 13.7. The minimum Gasteiger partial charge on any atom is -0.264 e. The molecule has 108 valence electrons. The fourth-order valence-electron chi connectivity index (χ4n) is 2.15. The lowest BCUT2D eigenvalue weighted by molar-refractivity contribution is 0.431. The van der Waals surface area contributed by atoms with Gasteiger partial charge in [-0.3, -0.25) is 4.98 Å². The van der Waals surface area contributed by atoms with Crippen molar-refractivity contribution in [2.75, 3.05) is 18.4 Å². The summed E-state index contributed by atoms with van der Waals surface area (Å²) >= 11 is 3.32. The number of halogens is 1. The summed E-state index contributed by atoms with van der Waals surface area (Å²) in [5.41, 5.74) is 0. The summed E-state index contributed by atoms with van der Waals surface area (Å²) in [6, 6.07) is 7.04. The van der Waals surface area contributed by atoms with Crippen LogP contribution in [0.25, 0.3) is 10.8 Å². The molecule has 0 aliphatic heterocycles. The molecule has 0 saturated heterocycles. The average Bonchev–Trinajstić information content (AvgIpc) is 2.46. The number of pyridine rings is 1. The number of sulfonamides is 1. The van der Waals surface area contributed by atoms with E-state index in [0.717, 1.165) is 17.2 Å². The molecule has 20 heavy (non-hydrogen) atoms. The molecular formula is C14H17BrN2O2S. The highest BCUT2D eigenvalue weighted by Crippen LogP contribution is 2.25. The molecular weight excluding hydrogens is 340 g/mol. The van der Waals surface area contributed by atoms with Crippen LogP contribution >= 0.6 is 15.9 Å². The van der Waals surface area contributed by atoms with E-state index in [1.807, 2.05) is 13.0 Å². The summed E-state index contributed by atoms with van der Waals surface area (Å²) in [6.07, 6.45) is 4.09. The second-order valence-electron chi connectivity index (χ2n) is 4.45. The molecule has 0 aliphatic carbocycles. The predicted octanol–water partition coefficient (Wildman–Crippen LogP) is 3.03. The van der Waals surface area contributed by atoms with Gasteiger partial charge in [-0.2, -0.15) is 4.31 Å². The molecule has 0 N–H and O–H groups in total. The van der Waals surface area contributed by atoms with Crippen molar-refractivity contribution < 1.29 is 8.42 Å². The maximum atomic E-state index is 12.8. The van der Waals surface area contributed by atoms with Gasteiger partial charge in [0.1, 0.15) is 0 Å². The Balaban J connectivity index is 2.56. The highest BCUT2D eigenvalue weighted by Gasteiger charge is 2.24. The van der Waals surface area contributed by atoms with Crippen LogP contribution in [0.5, 0.6) is 0 Å². The van der Waals surface area contributed by atoms with Crippen LogP contribution in [0.15, 0.2) is 41.6 Å². The zero-order valence-electron chi connectivity index (χ0n) is 11.3. The van der Waals surface area contributed by atoms with Gasteiger partial charge < -0.3 is 0 Å². The van der Waals surface area contributed by atoms with Crippen molar-refractivity contribution >= 4 is 36.7 Å². The van der Waals surface area contributed by atoms with Crippen LogP contribution in [0.4, 0.5) is 0 Å². The number of fused-ring (bicyclic) bond motifs is 1. The van der Waals surface area contributed by atoms with Gasteiger partial charge in [0.15, 0.2) is 0 Å². The highest BCUT2D eigenvalue weighted by atomic mass is 79.9. The third kappa shape index (κ3) is 3.02. The molecule has 4 nitrogen and oxygen atoms in total. The molecule has 0 aliphatic rings. The van der Waals surface area contributed by atoms with Gasteiger partial charge in [-0.1, -0.05) is 35.0 Å². The van der Waals surface area contributed by atoms with Crippen molar-refractivity contribution in [3.63, 3.8) is 0 Å². The number of aromatic nitrogens is 1. The average molecular weight is 357 g/mol. The molecule has 0 atom stereocenters. The summed E-state index contributed by atoms with van der Waals surface area (Å²) < 4.78 is 27.1. The van der Waals surface area contributed by atoms with Gasteiger partial charge in [-0.15, -0.1) is 0 Å². The van der Waals surface area contributed by atoms with Crippen LogP contribution in [0.3, 0.4) is 0 Å². The third-order valence-corrected chi connectivity index (χ3v) is 5.38. The van der Waals surface area contributed by atoms with Crippen molar-refractivity contribution in [2.24, 2.45) is 0 Å². The number of hydrogen-bond donors (Lipinski definition) is 0. The second kappa shape index (κ2) is 6.65. The van der Waals surface area contributed by atoms with E-state index >= 15 is 0 Å². The topological polar surface area (TPSA) is 50.3 Å². The summed E-state index contributed by atoms with van der Waals surface area (Å²) in [6.45, 7) is 2.97. The van der Waals surface area contributed by atoms with E-state index in [9.17, 15) is 8.42 Å². The molecule has 1 heterocycles. The number of alkyl halides is 1. The monoisotopic (exact) mass is 356 g/mol. The Labute approximate surface area is 128 Å². The first kappa shape index (κ1) is 15.4. The molecule has 0 bridgehead atoms. The first-order valence-electron chi connectivity index (χ1n) is 6.50. The Hall–Kier alpha value is -0.980. The van der Waals surface area contributed by atoms with Crippen molar-refractivity contribution in [1.29, 1.82) is 0 Å². The normalized spacial score (nSPS) is 12.2. The smallest absolute Gasteiger partial charge is 0.243 e. The summed E-state index contributed by atoms with van der Waals surface area (Å²) in [4.78, 5) is 4.39. The van der Waals surface area contributed by atoms with E-state index in [-0.39, 0.29) is 0 Å². The molecule has 0 spiro atoms. The largest absolute Gasteiger partial charge is 0.264 e. The van der Waals surface area contributed by atoms with E-state index in [1.54, 1.807) is 30.6 Å². The molecule has 2 aromatic rings. The fraction of sp³-hybridized carbons (Fsp3) is 0.357. The molecule has 0 amide bonds. The maximum absolute atomic E-state index is 12.8. The maximum Gasteiger partial charge on any atom is 0.243 e. The van der Waals surface area contributed by atoms with Gasteiger partial charge in [0.2, 0.25) is 10.0 Å². The number of benzene rings is 1. The molecule has 0 radical (unpaired) electrons. The minimum atomic E-state index is -3.48. The Morgan fingerprint density at radius 1 is 1.25 bits per heavy atom. The Kier molecular flexibility index (Phi) is 5.12. The molecule has 0 unspecified atom stereocenters. The van der Waals surface area contributed by atoms with Gasteiger partial charge in [0, 0.05) is 41.6 Å². The Morgan fingerprint density at radius 3 is 2.75 bits per heavy atom. The van der Waals surface area contributed by atoms with Crippen LogP contribution in [-0.2, 0) is 10.0 Å². The van der Waals surface area contributed by atoms with Crippen molar-refractivity contribution in [1.82, 2.24) is 9.29 Å². The third-order valence-electron chi connectivity index (χ3n) is 3.07. The van der Waals surface area contributed by atoms with Crippen LogP contribution in [-0.4, -0.2) is 36.1 Å². The summed E-state index contributed by atoms with van der Waals surface area (Å²) in [7, 11) is -3.48. The van der Waals surface area contributed by atoms with Gasteiger partial charge in [-0.25, -0.2) is 8.42 Å². The quantitative estimate of drug-likeness (QED) is 0.747. The van der Waals surface area contributed by atoms with Gasteiger partial charge in [0.05, 0.1) is 4.90 Å². The highest BCUT2D eigenvalue weighted by molar-refractivity contribution is 9.09. The van der Waals surface area contributed by atoms with E-state index < -0.39 is 10.0 Å². The Bertz CT molecular complexity index is 677. The fourth-order valence-corrected chi connectivity index (χ4v) is 4.56. The van der Waals surface area contributed by atoms with Gasteiger partial charge in [-0.05, 0) is 18.6 Å². The molecule has 0 saturated carbocycles. The number of hydrogen-bond acceptors (Lipinski definition) is 3. The Morgan fingerprint density at radius 2 is 2.05 bits per heavy atom. The lowest BCUT2D eigenvalue weighted by Gasteiger charge is -2.21. The van der Waals surface area contributed by atoms with Crippen LogP contribution in [0.2, 0.25) is 0 Å². The molecule has 6 heteroatoms. The van der Waals surface area contributed by atoms with Crippen LogP contribution < -0.4 is 0 Å².